The maximum absolute atomic E-state index is 12.5. The summed E-state index contributed by atoms with van der Waals surface area (Å²) in [5, 5.41) is 11.6. The summed E-state index contributed by atoms with van der Waals surface area (Å²) in [6.45, 7) is 1.85. The number of hydrogen-bond acceptors (Lipinski definition) is 4. The number of nitro groups is 1. The number of fused-ring (bicyclic) bond motifs is 1. The zero-order valence-electron chi connectivity index (χ0n) is 13.6. The summed E-state index contributed by atoms with van der Waals surface area (Å²) < 4.78 is 2.57. The van der Waals surface area contributed by atoms with Crippen LogP contribution >= 0.6 is 22.9 Å². The minimum atomic E-state index is -0.573. The lowest BCUT2D eigenvalue weighted by atomic mass is 10.1. The quantitative estimate of drug-likeness (QED) is 0.389. The molecule has 3 rings (SSSR count). The molecule has 0 bridgehead atoms. The number of nitro benzene ring substituents is 1. The van der Waals surface area contributed by atoms with Gasteiger partial charge < -0.3 is 4.57 Å². The standard InChI is InChI=1S/C18H12ClN3O3S/c1-3-8-21-14-7-6-13(19)10-16(14)26-18(21)20-17(23)12-5-4-11(2)15(9-12)22(24)25/h1,4-7,9-10H,8H2,2H3. The van der Waals surface area contributed by atoms with Gasteiger partial charge in [0.05, 0.1) is 21.7 Å². The first-order valence-electron chi connectivity index (χ1n) is 7.47. The van der Waals surface area contributed by atoms with E-state index in [0.29, 0.717) is 15.4 Å². The Labute approximate surface area is 157 Å². The monoisotopic (exact) mass is 385 g/mol. The Balaban J connectivity index is 2.14. The lowest BCUT2D eigenvalue weighted by molar-refractivity contribution is -0.385. The van der Waals surface area contributed by atoms with Crippen molar-refractivity contribution in [2.24, 2.45) is 4.99 Å². The minimum absolute atomic E-state index is 0.120. The molecule has 0 saturated heterocycles. The van der Waals surface area contributed by atoms with Crippen molar-refractivity contribution in [2.45, 2.75) is 13.5 Å². The summed E-state index contributed by atoms with van der Waals surface area (Å²) in [5.41, 5.74) is 1.32. The molecule has 0 aliphatic rings. The number of hydrogen-bond donors (Lipinski definition) is 0. The Bertz CT molecular complexity index is 1150. The van der Waals surface area contributed by atoms with Gasteiger partial charge in [-0.1, -0.05) is 34.9 Å². The Morgan fingerprint density at radius 1 is 1.38 bits per heavy atom. The SMILES string of the molecule is C#CCn1c(=NC(=O)c2ccc(C)c([N+](=O)[O-])c2)sc2cc(Cl)ccc21. The molecule has 1 heterocycles. The molecule has 8 heteroatoms. The second-order valence-corrected chi connectivity index (χ2v) is 6.91. The fourth-order valence-electron chi connectivity index (χ4n) is 2.47. The van der Waals surface area contributed by atoms with Gasteiger partial charge in [0.15, 0.2) is 4.80 Å². The van der Waals surface area contributed by atoms with E-state index in [-0.39, 0.29) is 17.8 Å². The average Bonchev–Trinajstić information content (AvgIpc) is 2.91. The predicted molar refractivity (Wildman–Crippen MR) is 101 cm³/mol. The topological polar surface area (TPSA) is 77.5 Å². The van der Waals surface area contributed by atoms with Crippen molar-refractivity contribution < 1.29 is 9.72 Å². The van der Waals surface area contributed by atoms with E-state index in [4.69, 9.17) is 18.0 Å². The third kappa shape index (κ3) is 3.38. The molecule has 130 valence electrons. The summed E-state index contributed by atoms with van der Waals surface area (Å²) in [5.74, 6) is 1.97. The summed E-state index contributed by atoms with van der Waals surface area (Å²) in [7, 11) is 0. The minimum Gasteiger partial charge on any atom is -0.305 e. The molecule has 3 aromatic rings. The number of amides is 1. The normalized spacial score (nSPS) is 11.5. The summed E-state index contributed by atoms with van der Waals surface area (Å²) in [4.78, 5) is 27.6. The smallest absolute Gasteiger partial charge is 0.279 e. The highest BCUT2D eigenvalue weighted by Crippen LogP contribution is 2.22. The van der Waals surface area contributed by atoms with Gasteiger partial charge in [0, 0.05) is 22.2 Å². The van der Waals surface area contributed by atoms with E-state index in [0.717, 1.165) is 10.2 Å². The van der Waals surface area contributed by atoms with E-state index in [9.17, 15) is 14.9 Å². The number of terminal acetylenes is 1. The summed E-state index contributed by atoms with van der Waals surface area (Å²) >= 11 is 7.29. The van der Waals surface area contributed by atoms with Crippen LogP contribution in [0.2, 0.25) is 5.02 Å². The maximum Gasteiger partial charge on any atom is 0.279 e. The van der Waals surface area contributed by atoms with Gasteiger partial charge in [0.25, 0.3) is 11.6 Å². The first kappa shape index (κ1) is 17.9. The van der Waals surface area contributed by atoms with Crippen LogP contribution in [0.1, 0.15) is 15.9 Å². The molecule has 0 spiro atoms. The van der Waals surface area contributed by atoms with Crippen LogP contribution in [-0.2, 0) is 6.54 Å². The Morgan fingerprint density at radius 2 is 2.15 bits per heavy atom. The van der Waals surface area contributed by atoms with Gasteiger partial charge in [-0.2, -0.15) is 4.99 Å². The van der Waals surface area contributed by atoms with Gasteiger partial charge in [-0.05, 0) is 31.2 Å². The first-order chi connectivity index (χ1) is 12.4. The number of carbonyl (C=O) groups is 1. The number of halogens is 1. The molecule has 1 aromatic heterocycles. The van der Waals surface area contributed by atoms with Crippen molar-refractivity contribution >= 4 is 44.7 Å². The zero-order chi connectivity index (χ0) is 18.8. The molecule has 2 aromatic carbocycles. The van der Waals surface area contributed by atoms with Gasteiger partial charge in [0.2, 0.25) is 0 Å². The summed E-state index contributed by atoms with van der Waals surface area (Å²) in [6, 6.07) is 9.60. The Kier molecular flexibility index (Phi) is 4.89. The maximum atomic E-state index is 12.5. The lowest BCUT2D eigenvalue weighted by Gasteiger charge is -2.01. The highest BCUT2D eigenvalue weighted by Gasteiger charge is 2.15. The lowest BCUT2D eigenvalue weighted by Crippen LogP contribution is -2.16. The van der Waals surface area contributed by atoms with Crippen LogP contribution in [0.15, 0.2) is 41.4 Å². The van der Waals surface area contributed by atoms with E-state index in [1.54, 1.807) is 23.6 Å². The largest absolute Gasteiger partial charge is 0.305 e. The average molecular weight is 386 g/mol. The van der Waals surface area contributed by atoms with Crippen molar-refractivity contribution in [1.82, 2.24) is 4.57 Å². The van der Waals surface area contributed by atoms with E-state index in [1.807, 2.05) is 6.07 Å². The number of nitrogens with zero attached hydrogens (tertiary/aromatic N) is 3. The molecule has 0 aliphatic carbocycles. The first-order valence-corrected chi connectivity index (χ1v) is 8.66. The van der Waals surface area contributed by atoms with Crippen LogP contribution in [0.25, 0.3) is 10.2 Å². The molecule has 0 saturated carbocycles. The molecule has 1 amide bonds. The molecular formula is C18H12ClN3O3S. The van der Waals surface area contributed by atoms with Crippen molar-refractivity contribution in [2.75, 3.05) is 0 Å². The van der Waals surface area contributed by atoms with Crippen LogP contribution in [-0.4, -0.2) is 15.4 Å². The third-order valence-corrected chi connectivity index (χ3v) is 5.02. The van der Waals surface area contributed by atoms with Crippen LogP contribution in [0.3, 0.4) is 0 Å². The second-order valence-electron chi connectivity index (χ2n) is 5.46. The molecule has 0 N–H and O–H groups in total. The van der Waals surface area contributed by atoms with Gasteiger partial charge in [0.1, 0.15) is 0 Å². The van der Waals surface area contributed by atoms with Crippen molar-refractivity contribution in [3.05, 3.63) is 67.5 Å². The Morgan fingerprint density at radius 3 is 2.85 bits per heavy atom. The number of carbonyl (C=O) groups excluding carboxylic acids is 1. The van der Waals surface area contributed by atoms with Gasteiger partial charge in [-0.25, -0.2) is 0 Å². The predicted octanol–water partition coefficient (Wildman–Crippen LogP) is 3.95. The van der Waals surface area contributed by atoms with Crippen LogP contribution in [0, 0.1) is 29.4 Å². The van der Waals surface area contributed by atoms with E-state index < -0.39 is 10.8 Å². The van der Waals surface area contributed by atoms with Crippen molar-refractivity contribution in [3.63, 3.8) is 0 Å². The molecular weight excluding hydrogens is 374 g/mol. The zero-order valence-corrected chi connectivity index (χ0v) is 15.2. The van der Waals surface area contributed by atoms with Crippen LogP contribution < -0.4 is 4.80 Å². The second kappa shape index (κ2) is 7.12. The highest BCUT2D eigenvalue weighted by molar-refractivity contribution is 7.16. The molecule has 0 unspecified atom stereocenters. The van der Waals surface area contributed by atoms with Crippen LogP contribution in [0.4, 0.5) is 5.69 Å². The molecule has 0 atom stereocenters. The van der Waals surface area contributed by atoms with Gasteiger partial charge in [-0.3, -0.25) is 14.9 Å². The van der Waals surface area contributed by atoms with E-state index in [2.05, 4.69) is 10.9 Å². The van der Waals surface area contributed by atoms with Crippen LogP contribution in [0.5, 0.6) is 0 Å². The molecule has 26 heavy (non-hydrogen) atoms. The molecule has 6 nitrogen and oxygen atoms in total. The summed E-state index contributed by atoms with van der Waals surface area (Å²) in [6.07, 6.45) is 5.43. The number of rotatable bonds is 3. The highest BCUT2D eigenvalue weighted by atomic mass is 35.5. The third-order valence-electron chi connectivity index (χ3n) is 3.74. The van der Waals surface area contributed by atoms with Crippen molar-refractivity contribution in [1.29, 1.82) is 0 Å². The fraction of sp³-hybridized carbons (Fsp3) is 0.111. The molecule has 0 radical (unpaired) electrons. The van der Waals surface area contributed by atoms with Crippen molar-refractivity contribution in [3.8, 4) is 12.3 Å². The number of aromatic nitrogens is 1. The van der Waals surface area contributed by atoms with E-state index in [1.165, 1.54) is 29.5 Å². The Hall–Kier alpha value is -2.95. The molecule has 0 aliphatic heterocycles. The number of benzene rings is 2. The fourth-order valence-corrected chi connectivity index (χ4v) is 3.77. The molecule has 0 fully saturated rings. The van der Waals surface area contributed by atoms with Gasteiger partial charge >= 0.3 is 0 Å². The van der Waals surface area contributed by atoms with E-state index >= 15 is 0 Å². The van der Waals surface area contributed by atoms with Gasteiger partial charge in [-0.15, -0.1) is 6.42 Å². The number of thiazole rings is 1. The number of aryl methyl sites for hydroxylation is 1.